The van der Waals surface area contributed by atoms with Gasteiger partial charge in [0.25, 0.3) is 5.91 Å². The summed E-state index contributed by atoms with van der Waals surface area (Å²) in [5.74, 6) is -0.547. The number of aryl methyl sites for hydroxylation is 1. The van der Waals surface area contributed by atoms with E-state index in [0.29, 0.717) is 17.5 Å². The van der Waals surface area contributed by atoms with E-state index in [1.165, 1.54) is 0 Å². The molecule has 3 aromatic carbocycles. The molecule has 27 heavy (non-hydrogen) atoms. The van der Waals surface area contributed by atoms with E-state index < -0.39 is 0 Å². The molecule has 0 unspecified atom stereocenters. The van der Waals surface area contributed by atoms with Crippen LogP contribution in [0.3, 0.4) is 0 Å². The van der Waals surface area contributed by atoms with Crippen LogP contribution in [0.2, 0.25) is 0 Å². The number of fused-ring (bicyclic) bond motifs is 1. The summed E-state index contributed by atoms with van der Waals surface area (Å²) in [5, 5.41) is 2.90. The van der Waals surface area contributed by atoms with Crippen molar-refractivity contribution < 1.29 is 14.3 Å². The molecule has 1 atom stereocenters. The van der Waals surface area contributed by atoms with Crippen LogP contribution < -0.4 is 5.32 Å². The monoisotopic (exact) mass is 357 g/mol. The zero-order valence-electron chi connectivity index (χ0n) is 14.9. The lowest BCUT2D eigenvalue weighted by Crippen LogP contribution is -2.23. The highest BCUT2D eigenvalue weighted by Gasteiger charge is 2.28. The molecule has 1 aliphatic rings. The van der Waals surface area contributed by atoms with Gasteiger partial charge in [-0.2, -0.15) is 0 Å². The van der Waals surface area contributed by atoms with E-state index in [1.807, 2.05) is 61.5 Å². The molecule has 1 N–H and O–H groups in total. The fourth-order valence-electron chi connectivity index (χ4n) is 3.32. The van der Waals surface area contributed by atoms with Gasteiger partial charge in [-0.15, -0.1) is 0 Å². The van der Waals surface area contributed by atoms with E-state index in [2.05, 4.69) is 5.32 Å². The van der Waals surface area contributed by atoms with Crippen molar-refractivity contribution in [3.8, 4) is 0 Å². The molecule has 3 aromatic rings. The summed E-state index contributed by atoms with van der Waals surface area (Å²) in [6.45, 7) is 1.98. The van der Waals surface area contributed by atoms with Crippen LogP contribution in [0.25, 0.3) is 0 Å². The zero-order chi connectivity index (χ0) is 18.8. The number of anilines is 1. The Hall–Kier alpha value is -3.40. The Morgan fingerprint density at radius 3 is 2.59 bits per heavy atom. The average molecular weight is 357 g/mol. The molecule has 1 aliphatic heterocycles. The Labute approximate surface area is 157 Å². The molecule has 0 radical (unpaired) electrons. The summed E-state index contributed by atoms with van der Waals surface area (Å²) in [7, 11) is 0. The third-order valence-electron chi connectivity index (χ3n) is 4.69. The Morgan fingerprint density at radius 2 is 1.81 bits per heavy atom. The van der Waals surface area contributed by atoms with Crippen LogP contribution in [0.4, 0.5) is 5.69 Å². The third-order valence-corrected chi connectivity index (χ3v) is 4.69. The summed E-state index contributed by atoms with van der Waals surface area (Å²) in [6.07, 6.45) is 0.220. The number of carbonyl (C=O) groups excluding carboxylic acids is 2. The van der Waals surface area contributed by atoms with Crippen molar-refractivity contribution in [2.24, 2.45) is 0 Å². The van der Waals surface area contributed by atoms with Gasteiger partial charge in [0.2, 0.25) is 0 Å². The predicted octanol–water partition coefficient (Wildman–Crippen LogP) is 4.70. The van der Waals surface area contributed by atoms with Gasteiger partial charge >= 0.3 is 5.97 Å². The number of cyclic esters (lactones) is 1. The quantitative estimate of drug-likeness (QED) is 0.691. The molecule has 4 heteroatoms. The van der Waals surface area contributed by atoms with Crippen molar-refractivity contribution in [2.75, 3.05) is 5.32 Å². The first-order valence-corrected chi connectivity index (χ1v) is 8.87. The van der Waals surface area contributed by atoms with E-state index in [-0.39, 0.29) is 18.0 Å². The Morgan fingerprint density at radius 1 is 1.00 bits per heavy atom. The number of amides is 1. The summed E-state index contributed by atoms with van der Waals surface area (Å²) in [6, 6.07) is 22.4. The summed E-state index contributed by atoms with van der Waals surface area (Å²) in [5.41, 5.74) is 4.65. The van der Waals surface area contributed by atoms with Crippen molar-refractivity contribution in [2.45, 2.75) is 19.4 Å². The van der Waals surface area contributed by atoms with Crippen LogP contribution >= 0.6 is 0 Å². The molecule has 0 aromatic heterocycles. The molecule has 0 fully saturated rings. The Bertz CT molecular complexity index is 1010. The van der Waals surface area contributed by atoms with Gasteiger partial charge in [0.1, 0.15) is 6.10 Å². The van der Waals surface area contributed by atoms with Crippen molar-refractivity contribution >= 4 is 17.6 Å². The normalized spacial score (nSPS) is 15.6. The van der Waals surface area contributed by atoms with Crippen LogP contribution in [0.5, 0.6) is 0 Å². The first kappa shape index (κ1) is 17.0. The van der Waals surface area contributed by atoms with E-state index in [0.717, 1.165) is 22.4 Å². The van der Waals surface area contributed by atoms with Crippen molar-refractivity contribution in [3.05, 3.63) is 101 Å². The number of benzene rings is 3. The molecule has 134 valence electrons. The Kier molecular flexibility index (Phi) is 4.47. The topological polar surface area (TPSA) is 55.4 Å². The molecule has 0 spiro atoms. The van der Waals surface area contributed by atoms with Gasteiger partial charge in [-0.25, -0.2) is 4.79 Å². The lowest BCUT2D eigenvalue weighted by atomic mass is 9.93. The molecule has 1 amide bonds. The van der Waals surface area contributed by atoms with Gasteiger partial charge in [0.05, 0.1) is 5.56 Å². The number of carbonyl (C=O) groups is 2. The van der Waals surface area contributed by atoms with Crippen LogP contribution in [0.15, 0.2) is 72.8 Å². The fraction of sp³-hybridized carbons (Fsp3) is 0.130. The largest absolute Gasteiger partial charge is 0.454 e. The molecule has 1 heterocycles. The van der Waals surface area contributed by atoms with E-state index >= 15 is 0 Å². The maximum atomic E-state index is 12.6. The van der Waals surface area contributed by atoms with Gasteiger partial charge in [0, 0.05) is 17.7 Å². The molecule has 0 bridgehead atoms. The molecule has 0 saturated carbocycles. The number of hydrogen-bond acceptors (Lipinski definition) is 3. The van der Waals surface area contributed by atoms with Gasteiger partial charge in [0.15, 0.2) is 0 Å². The van der Waals surface area contributed by atoms with E-state index in [9.17, 15) is 9.59 Å². The Balaban J connectivity index is 1.59. The SMILES string of the molecule is Cc1cccc(NC(=O)c2ccc3c(c2)C[C@H](c2ccccc2)OC3=O)c1. The maximum absolute atomic E-state index is 12.6. The highest BCUT2D eigenvalue weighted by atomic mass is 16.5. The molecular formula is C23H19NO3. The van der Waals surface area contributed by atoms with E-state index in [4.69, 9.17) is 4.74 Å². The molecule has 4 rings (SSSR count). The van der Waals surface area contributed by atoms with Crippen LogP contribution in [-0.2, 0) is 11.2 Å². The lowest BCUT2D eigenvalue weighted by Gasteiger charge is -2.25. The third kappa shape index (κ3) is 3.60. The first-order chi connectivity index (χ1) is 13.1. The molecule has 4 nitrogen and oxygen atoms in total. The van der Waals surface area contributed by atoms with E-state index in [1.54, 1.807) is 18.2 Å². The van der Waals surface area contributed by atoms with Crippen LogP contribution in [0.1, 0.15) is 43.5 Å². The minimum Gasteiger partial charge on any atom is -0.454 e. The second kappa shape index (κ2) is 7.08. The number of ether oxygens (including phenoxy) is 1. The average Bonchev–Trinajstić information content (AvgIpc) is 2.68. The fourth-order valence-corrected chi connectivity index (χ4v) is 3.32. The van der Waals surface area contributed by atoms with Crippen molar-refractivity contribution in [3.63, 3.8) is 0 Å². The lowest BCUT2D eigenvalue weighted by molar-refractivity contribution is 0.0252. The molecule has 0 aliphatic carbocycles. The van der Waals surface area contributed by atoms with Crippen molar-refractivity contribution in [1.82, 2.24) is 0 Å². The number of esters is 1. The van der Waals surface area contributed by atoms with Gasteiger partial charge in [-0.05, 0) is 53.9 Å². The highest BCUT2D eigenvalue weighted by molar-refractivity contribution is 6.05. The predicted molar refractivity (Wildman–Crippen MR) is 104 cm³/mol. The first-order valence-electron chi connectivity index (χ1n) is 8.87. The second-order valence-electron chi connectivity index (χ2n) is 6.70. The molecule has 0 saturated heterocycles. The minimum absolute atomic E-state index is 0.196. The van der Waals surface area contributed by atoms with Gasteiger partial charge in [-0.1, -0.05) is 42.5 Å². The minimum atomic E-state index is -0.351. The van der Waals surface area contributed by atoms with Gasteiger partial charge in [-0.3, -0.25) is 4.79 Å². The van der Waals surface area contributed by atoms with Crippen molar-refractivity contribution in [1.29, 1.82) is 0 Å². The second-order valence-corrected chi connectivity index (χ2v) is 6.70. The van der Waals surface area contributed by atoms with Gasteiger partial charge < -0.3 is 10.1 Å². The van der Waals surface area contributed by atoms with Crippen LogP contribution in [0, 0.1) is 6.92 Å². The number of rotatable bonds is 3. The smallest absolute Gasteiger partial charge is 0.339 e. The number of hydrogen-bond donors (Lipinski definition) is 1. The summed E-state index contributed by atoms with van der Waals surface area (Å²) >= 11 is 0. The standard InChI is InChI=1S/C23H19NO3/c1-15-6-5-9-19(12-15)24-22(25)17-10-11-20-18(13-17)14-21(27-23(20)26)16-7-3-2-4-8-16/h2-13,21H,14H2,1H3,(H,24,25)/t21-/m1/s1. The maximum Gasteiger partial charge on any atom is 0.339 e. The summed E-state index contributed by atoms with van der Waals surface area (Å²) < 4.78 is 5.57. The summed E-state index contributed by atoms with van der Waals surface area (Å²) in [4.78, 5) is 25.0. The number of nitrogens with one attached hydrogen (secondary N) is 1. The zero-order valence-corrected chi connectivity index (χ0v) is 14.9. The molecular weight excluding hydrogens is 338 g/mol. The highest BCUT2D eigenvalue weighted by Crippen LogP contribution is 2.31. The van der Waals surface area contributed by atoms with Crippen LogP contribution in [-0.4, -0.2) is 11.9 Å².